The molecule has 1 aliphatic heterocycles. The first-order valence-corrected chi connectivity index (χ1v) is 12.3. The molecule has 1 atom stereocenters. The molecule has 4 rings (SSSR count). The average molecular weight is 500 g/mol. The number of likely N-dealkylation sites (tertiary alicyclic amines) is 1. The van der Waals surface area contributed by atoms with Crippen LogP contribution in [0.5, 0.6) is 17.2 Å². The molecule has 1 fully saturated rings. The van der Waals surface area contributed by atoms with Gasteiger partial charge in [0.2, 0.25) is 0 Å². The topological polar surface area (TPSA) is 69.0 Å². The lowest BCUT2D eigenvalue weighted by Crippen LogP contribution is -2.51. The van der Waals surface area contributed by atoms with Gasteiger partial charge >= 0.3 is 0 Å². The lowest BCUT2D eigenvalue weighted by Gasteiger charge is -2.39. The molecule has 1 aliphatic rings. The van der Waals surface area contributed by atoms with Gasteiger partial charge in [-0.3, -0.25) is 4.90 Å². The van der Waals surface area contributed by atoms with Gasteiger partial charge in [-0.05, 0) is 74.2 Å². The van der Waals surface area contributed by atoms with E-state index in [0.29, 0.717) is 44.2 Å². The summed E-state index contributed by atoms with van der Waals surface area (Å²) in [5.41, 5.74) is 2.15. The van der Waals surface area contributed by atoms with Crippen LogP contribution in [0.25, 0.3) is 0 Å². The second kappa shape index (κ2) is 11.3. The summed E-state index contributed by atoms with van der Waals surface area (Å²) in [6, 6.07) is 9.85. The van der Waals surface area contributed by atoms with Crippen LogP contribution in [-0.4, -0.2) is 58.6 Å². The Morgan fingerprint density at radius 2 is 1.91 bits per heavy atom. The monoisotopic (exact) mass is 499 g/mol. The van der Waals surface area contributed by atoms with E-state index in [0.717, 1.165) is 40.4 Å². The van der Waals surface area contributed by atoms with E-state index in [1.165, 1.54) is 0 Å². The van der Waals surface area contributed by atoms with Crippen molar-refractivity contribution in [2.24, 2.45) is 0 Å². The van der Waals surface area contributed by atoms with Crippen molar-refractivity contribution in [1.29, 1.82) is 0 Å². The van der Waals surface area contributed by atoms with E-state index in [2.05, 4.69) is 9.88 Å². The van der Waals surface area contributed by atoms with Gasteiger partial charge in [-0.15, -0.1) is 0 Å². The third kappa shape index (κ3) is 6.69. The Morgan fingerprint density at radius 1 is 1.11 bits per heavy atom. The highest BCUT2D eigenvalue weighted by molar-refractivity contribution is 6.32. The first-order chi connectivity index (χ1) is 16.8. The second-order valence-electron chi connectivity index (χ2n) is 9.33. The summed E-state index contributed by atoms with van der Waals surface area (Å²) in [5, 5.41) is 12.0. The van der Waals surface area contributed by atoms with Gasteiger partial charge in [0, 0.05) is 30.5 Å². The summed E-state index contributed by atoms with van der Waals surface area (Å²) in [4.78, 5) is 6.32. The van der Waals surface area contributed by atoms with Crippen LogP contribution in [0.3, 0.4) is 0 Å². The van der Waals surface area contributed by atoms with Gasteiger partial charge in [-0.1, -0.05) is 17.7 Å². The number of rotatable bonds is 10. The van der Waals surface area contributed by atoms with Gasteiger partial charge in [0.25, 0.3) is 0 Å². The number of β-amino-alcohol motifs (C(OH)–C–C–N with tert-alkyl or cyclic N) is 1. The molecule has 2 heterocycles. The van der Waals surface area contributed by atoms with E-state index in [4.69, 9.17) is 25.8 Å². The number of aliphatic hydroxyl groups is 1. The predicted molar refractivity (Wildman–Crippen MR) is 137 cm³/mol. The highest BCUT2D eigenvalue weighted by atomic mass is 35.5. The van der Waals surface area contributed by atoms with Crippen molar-refractivity contribution in [1.82, 2.24) is 14.5 Å². The molecular weight excluding hydrogens is 466 g/mol. The summed E-state index contributed by atoms with van der Waals surface area (Å²) < 4.78 is 19.5. The molecule has 0 aliphatic carbocycles. The third-order valence-corrected chi connectivity index (χ3v) is 6.95. The zero-order valence-corrected chi connectivity index (χ0v) is 21.4. The van der Waals surface area contributed by atoms with Crippen LogP contribution in [-0.2, 0) is 13.1 Å². The SMILES string of the molecule is COc1ccc(CN2CCCC(O)(COc3cc(C)c(Cl)c(C)c3)C2)cc1OCCn1ccnc1. The summed E-state index contributed by atoms with van der Waals surface area (Å²) in [6.45, 7) is 7.57. The Balaban J connectivity index is 1.36. The van der Waals surface area contributed by atoms with Gasteiger partial charge in [0.15, 0.2) is 11.5 Å². The Kier molecular flexibility index (Phi) is 8.21. The highest BCUT2D eigenvalue weighted by Gasteiger charge is 2.34. The Morgan fingerprint density at radius 3 is 2.63 bits per heavy atom. The fourth-order valence-electron chi connectivity index (χ4n) is 4.54. The zero-order chi connectivity index (χ0) is 24.8. The summed E-state index contributed by atoms with van der Waals surface area (Å²) in [7, 11) is 1.64. The predicted octanol–water partition coefficient (Wildman–Crippen LogP) is 4.65. The van der Waals surface area contributed by atoms with Gasteiger partial charge in [0.05, 0.1) is 20.0 Å². The lowest BCUT2D eigenvalue weighted by atomic mass is 9.93. The van der Waals surface area contributed by atoms with Crippen molar-refractivity contribution in [3.8, 4) is 17.2 Å². The van der Waals surface area contributed by atoms with E-state index >= 15 is 0 Å². The Bertz CT molecular complexity index is 1100. The van der Waals surface area contributed by atoms with Crippen molar-refractivity contribution in [2.75, 3.05) is 33.4 Å². The molecule has 0 saturated carbocycles. The van der Waals surface area contributed by atoms with Crippen LogP contribution >= 0.6 is 11.6 Å². The van der Waals surface area contributed by atoms with Gasteiger partial charge in [-0.2, -0.15) is 0 Å². The number of imidazole rings is 1. The molecule has 1 aromatic heterocycles. The first-order valence-electron chi connectivity index (χ1n) is 11.9. The van der Waals surface area contributed by atoms with E-state index in [1.54, 1.807) is 19.6 Å². The number of aromatic nitrogens is 2. The van der Waals surface area contributed by atoms with E-state index < -0.39 is 5.60 Å². The molecular formula is C27H34ClN3O4. The molecule has 0 amide bonds. The van der Waals surface area contributed by atoms with Crippen LogP contribution < -0.4 is 14.2 Å². The molecule has 0 spiro atoms. The highest BCUT2D eigenvalue weighted by Crippen LogP contribution is 2.31. The fourth-order valence-corrected chi connectivity index (χ4v) is 4.65. The van der Waals surface area contributed by atoms with E-state index in [-0.39, 0.29) is 6.61 Å². The normalized spacial score (nSPS) is 18.4. The fraction of sp³-hybridized carbons (Fsp3) is 0.444. The molecule has 1 saturated heterocycles. The van der Waals surface area contributed by atoms with Crippen molar-refractivity contribution in [2.45, 2.75) is 45.4 Å². The van der Waals surface area contributed by atoms with Gasteiger partial charge in [0.1, 0.15) is 24.6 Å². The van der Waals surface area contributed by atoms with Crippen molar-refractivity contribution < 1.29 is 19.3 Å². The number of halogens is 1. The first kappa shape index (κ1) is 25.4. The largest absolute Gasteiger partial charge is 0.493 e. The lowest BCUT2D eigenvalue weighted by molar-refractivity contribution is -0.0621. The molecule has 3 aromatic rings. The maximum Gasteiger partial charge on any atom is 0.161 e. The summed E-state index contributed by atoms with van der Waals surface area (Å²) in [5.74, 6) is 2.16. The standard InChI is InChI=1S/C27H34ClN3O4/c1-20-13-23(14-21(2)26(20)28)35-18-27(32)7-4-9-31(17-27)16-22-5-6-24(33-3)25(15-22)34-12-11-30-10-8-29-19-30/h5-6,8,10,13-15,19,32H,4,7,9,11-12,16-18H2,1-3H3. The van der Waals surface area contributed by atoms with Crippen LogP contribution in [0.15, 0.2) is 49.1 Å². The number of methoxy groups -OCH3 is 1. The maximum absolute atomic E-state index is 11.3. The van der Waals surface area contributed by atoms with Gasteiger partial charge < -0.3 is 23.9 Å². The Hall–Kier alpha value is -2.74. The Labute approximate surface area is 212 Å². The van der Waals surface area contributed by atoms with Crippen LogP contribution in [0.4, 0.5) is 0 Å². The molecule has 0 bridgehead atoms. The minimum Gasteiger partial charge on any atom is -0.493 e. The minimum absolute atomic E-state index is 0.245. The molecule has 35 heavy (non-hydrogen) atoms. The third-order valence-electron chi connectivity index (χ3n) is 6.35. The number of hydrogen-bond donors (Lipinski definition) is 1. The van der Waals surface area contributed by atoms with Crippen molar-refractivity contribution >= 4 is 11.6 Å². The molecule has 7 nitrogen and oxygen atoms in total. The molecule has 0 radical (unpaired) electrons. The van der Waals surface area contributed by atoms with Crippen molar-refractivity contribution in [3.63, 3.8) is 0 Å². The second-order valence-corrected chi connectivity index (χ2v) is 9.71. The van der Waals surface area contributed by atoms with E-state index in [9.17, 15) is 5.11 Å². The zero-order valence-electron chi connectivity index (χ0n) is 20.7. The molecule has 8 heteroatoms. The number of aryl methyl sites for hydroxylation is 2. The summed E-state index contributed by atoms with van der Waals surface area (Å²) >= 11 is 6.27. The summed E-state index contributed by atoms with van der Waals surface area (Å²) in [6.07, 6.45) is 7.05. The van der Waals surface area contributed by atoms with Crippen LogP contribution in [0.2, 0.25) is 5.02 Å². The number of benzene rings is 2. The molecule has 2 aromatic carbocycles. The minimum atomic E-state index is -0.906. The van der Waals surface area contributed by atoms with Gasteiger partial charge in [-0.25, -0.2) is 4.98 Å². The number of ether oxygens (including phenoxy) is 3. The number of hydrogen-bond acceptors (Lipinski definition) is 6. The van der Waals surface area contributed by atoms with Crippen LogP contribution in [0.1, 0.15) is 29.5 Å². The smallest absolute Gasteiger partial charge is 0.161 e. The van der Waals surface area contributed by atoms with E-state index in [1.807, 2.05) is 54.9 Å². The van der Waals surface area contributed by atoms with Crippen LogP contribution in [0, 0.1) is 13.8 Å². The average Bonchev–Trinajstić information content (AvgIpc) is 3.35. The maximum atomic E-state index is 11.3. The molecule has 1 unspecified atom stereocenters. The molecule has 188 valence electrons. The molecule has 1 N–H and O–H groups in total. The number of piperidine rings is 1. The number of nitrogens with zero attached hydrogens (tertiary/aromatic N) is 3. The van der Waals surface area contributed by atoms with Crippen molar-refractivity contribution in [3.05, 3.63) is 70.8 Å². The quantitative estimate of drug-likeness (QED) is 0.438.